The largest absolute Gasteiger partial charge is 0.497 e. The Balaban J connectivity index is 2.10. The summed E-state index contributed by atoms with van der Waals surface area (Å²) in [4.78, 5) is 16.0. The van der Waals surface area contributed by atoms with Crippen molar-refractivity contribution in [2.75, 3.05) is 13.7 Å². The molecule has 112 valence electrons. The fourth-order valence-electron chi connectivity index (χ4n) is 2.83. The predicted octanol–water partition coefficient (Wildman–Crippen LogP) is 2.80. The Morgan fingerprint density at radius 1 is 1.52 bits per heavy atom. The summed E-state index contributed by atoms with van der Waals surface area (Å²) in [6, 6.07) is 6.03. The number of rotatable bonds is 3. The van der Waals surface area contributed by atoms with Crippen LogP contribution in [-0.4, -0.2) is 29.1 Å². The lowest BCUT2D eigenvalue weighted by molar-refractivity contribution is -0.122. The molecule has 0 radical (unpaired) electrons. The maximum absolute atomic E-state index is 11.4. The Morgan fingerprint density at radius 3 is 2.95 bits per heavy atom. The average molecular weight is 308 g/mol. The molecule has 1 aromatic heterocycles. The van der Waals surface area contributed by atoms with Crippen LogP contribution in [0, 0.1) is 0 Å². The summed E-state index contributed by atoms with van der Waals surface area (Å²) in [5, 5.41) is 2.72. The second-order valence-electron chi connectivity index (χ2n) is 5.31. The number of hydrogen-bond donors (Lipinski definition) is 1. The lowest BCUT2D eigenvalue weighted by Gasteiger charge is -2.26. The number of alkyl halides is 1. The first-order valence-corrected chi connectivity index (χ1v) is 7.50. The molecule has 1 amide bonds. The fraction of sp³-hybridized carbons (Fsp3) is 0.467. The van der Waals surface area contributed by atoms with Gasteiger partial charge in [0.25, 0.3) is 0 Å². The fourth-order valence-corrected chi connectivity index (χ4v) is 2.98. The van der Waals surface area contributed by atoms with Crippen LogP contribution in [0.2, 0.25) is 0 Å². The average Bonchev–Trinajstić information content (AvgIpc) is 2.86. The van der Waals surface area contributed by atoms with Gasteiger partial charge in [-0.15, -0.1) is 11.6 Å². The van der Waals surface area contributed by atoms with Crippen LogP contribution >= 0.6 is 11.6 Å². The number of methoxy groups -OCH3 is 1. The summed E-state index contributed by atoms with van der Waals surface area (Å²) in [5.74, 6) is 1.72. The summed E-state index contributed by atoms with van der Waals surface area (Å²) in [6.07, 6.45) is 1.34. The molecule has 1 fully saturated rings. The second kappa shape index (κ2) is 5.56. The minimum Gasteiger partial charge on any atom is -0.497 e. The van der Waals surface area contributed by atoms with Crippen molar-refractivity contribution in [1.29, 1.82) is 0 Å². The van der Waals surface area contributed by atoms with Crippen LogP contribution < -0.4 is 10.1 Å². The maximum Gasteiger partial charge on any atom is 0.220 e. The first-order valence-electron chi connectivity index (χ1n) is 7.07. The number of piperidine rings is 1. The van der Waals surface area contributed by atoms with Gasteiger partial charge in [-0.25, -0.2) is 4.98 Å². The van der Waals surface area contributed by atoms with Crippen LogP contribution in [0.25, 0.3) is 11.0 Å². The Kier molecular flexibility index (Phi) is 3.76. The second-order valence-corrected chi connectivity index (χ2v) is 5.96. The molecule has 6 heteroatoms. The van der Waals surface area contributed by atoms with Gasteiger partial charge < -0.3 is 14.6 Å². The summed E-state index contributed by atoms with van der Waals surface area (Å²) in [6.45, 7) is 2.53. The molecular formula is C15H18ClN3O2. The zero-order valence-corrected chi connectivity index (χ0v) is 12.9. The first-order chi connectivity index (χ1) is 10.1. The van der Waals surface area contributed by atoms with Crippen molar-refractivity contribution in [3.8, 4) is 5.75 Å². The summed E-state index contributed by atoms with van der Waals surface area (Å²) >= 11 is 6.30. The van der Waals surface area contributed by atoms with Crippen molar-refractivity contribution < 1.29 is 9.53 Å². The molecule has 2 heterocycles. The zero-order valence-electron chi connectivity index (χ0n) is 12.1. The molecule has 1 saturated heterocycles. The highest BCUT2D eigenvalue weighted by atomic mass is 35.5. The van der Waals surface area contributed by atoms with E-state index in [4.69, 9.17) is 16.3 Å². The molecule has 3 rings (SSSR count). The van der Waals surface area contributed by atoms with Gasteiger partial charge in [0.1, 0.15) is 11.6 Å². The highest BCUT2D eigenvalue weighted by Crippen LogP contribution is 2.32. The number of hydrogen-bond acceptors (Lipinski definition) is 3. The molecule has 1 aromatic carbocycles. The highest BCUT2D eigenvalue weighted by Gasteiger charge is 2.25. The molecule has 0 bridgehead atoms. The normalized spacial score (nSPS) is 20.3. The van der Waals surface area contributed by atoms with Gasteiger partial charge in [-0.2, -0.15) is 0 Å². The molecule has 1 aliphatic rings. The lowest BCUT2D eigenvalue weighted by atomic mass is 10.1. The molecule has 2 aromatic rings. The third-order valence-corrected chi connectivity index (χ3v) is 4.08. The Labute approximate surface area is 128 Å². The molecular weight excluding hydrogens is 290 g/mol. The standard InChI is InChI=1S/C15H18ClN3O2/c1-9(16)15-18-12-7-11(21-2)4-5-13(12)19(15)10-3-6-14(20)17-8-10/h4-5,7,9-10H,3,6,8H2,1-2H3,(H,17,20). The van der Waals surface area contributed by atoms with Gasteiger partial charge >= 0.3 is 0 Å². The third-order valence-electron chi connectivity index (χ3n) is 3.88. The van der Waals surface area contributed by atoms with Gasteiger partial charge in [-0.1, -0.05) is 0 Å². The van der Waals surface area contributed by atoms with Crippen LogP contribution in [-0.2, 0) is 4.79 Å². The van der Waals surface area contributed by atoms with E-state index in [2.05, 4.69) is 14.9 Å². The van der Waals surface area contributed by atoms with E-state index in [9.17, 15) is 4.79 Å². The van der Waals surface area contributed by atoms with Crippen LogP contribution in [0.1, 0.15) is 37.0 Å². The third kappa shape index (κ3) is 2.58. The predicted molar refractivity (Wildman–Crippen MR) is 81.8 cm³/mol. The van der Waals surface area contributed by atoms with Crippen molar-refractivity contribution in [2.24, 2.45) is 0 Å². The van der Waals surface area contributed by atoms with Gasteiger partial charge in [-0.3, -0.25) is 4.79 Å². The maximum atomic E-state index is 11.4. The Morgan fingerprint density at radius 2 is 2.33 bits per heavy atom. The number of carbonyl (C=O) groups excluding carboxylic acids is 1. The number of ether oxygens (including phenoxy) is 1. The van der Waals surface area contributed by atoms with Crippen LogP contribution in [0.3, 0.4) is 0 Å². The SMILES string of the molecule is COc1ccc2c(c1)nc(C(C)Cl)n2C1CCC(=O)NC1. The molecule has 2 atom stereocenters. The van der Waals surface area contributed by atoms with Gasteiger partial charge in [0.05, 0.1) is 29.6 Å². The summed E-state index contributed by atoms with van der Waals surface area (Å²) in [5.41, 5.74) is 1.90. The number of aromatic nitrogens is 2. The summed E-state index contributed by atoms with van der Waals surface area (Å²) in [7, 11) is 1.64. The van der Waals surface area contributed by atoms with Gasteiger partial charge in [0, 0.05) is 19.0 Å². The van der Waals surface area contributed by atoms with Gasteiger partial charge in [0.2, 0.25) is 5.91 Å². The van der Waals surface area contributed by atoms with Gasteiger partial charge in [-0.05, 0) is 25.5 Å². The van der Waals surface area contributed by atoms with Crippen molar-refractivity contribution >= 4 is 28.5 Å². The number of halogens is 1. The number of nitrogens with one attached hydrogen (secondary N) is 1. The van der Waals surface area contributed by atoms with Gasteiger partial charge in [0.15, 0.2) is 0 Å². The Hall–Kier alpha value is -1.75. The Bertz CT molecular complexity index is 671. The molecule has 1 aliphatic heterocycles. The van der Waals surface area contributed by atoms with Crippen molar-refractivity contribution in [1.82, 2.24) is 14.9 Å². The quantitative estimate of drug-likeness (QED) is 0.887. The number of amides is 1. The smallest absolute Gasteiger partial charge is 0.220 e. The van der Waals surface area contributed by atoms with E-state index in [1.165, 1.54) is 0 Å². The van der Waals surface area contributed by atoms with Crippen LogP contribution in [0.5, 0.6) is 5.75 Å². The van der Waals surface area contributed by atoms with Crippen molar-refractivity contribution in [3.05, 3.63) is 24.0 Å². The molecule has 0 saturated carbocycles. The topological polar surface area (TPSA) is 56.2 Å². The van der Waals surface area contributed by atoms with E-state index >= 15 is 0 Å². The molecule has 5 nitrogen and oxygen atoms in total. The molecule has 0 spiro atoms. The van der Waals surface area contributed by atoms with E-state index in [0.29, 0.717) is 13.0 Å². The number of benzene rings is 1. The van der Waals surface area contributed by atoms with E-state index in [1.54, 1.807) is 7.11 Å². The minimum atomic E-state index is -0.193. The highest BCUT2D eigenvalue weighted by molar-refractivity contribution is 6.20. The first kappa shape index (κ1) is 14.2. The number of imidazole rings is 1. The molecule has 1 N–H and O–H groups in total. The number of fused-ring (bicyclic) bond motifs is 1. The minimum absolute atomic E-state index is 0.109. The molecule has 0 aliphatic carbocycles. The number of carbonyl (C=O) groups is 1. The van der Waals surface area contributed by atoms with Crippen molar-refractivity contribution in [3.63, 3.8) is 0 Å². The van der Waals surface area contributed by atoms with Crippen LogP contribution in [0.4, 0.5) is 0 Å². The van der Waals surface area contributed by atoms with E-state index in [0.717, 1.165) is 29.0 Å². The van der Waals surface area contributed by atoms with E-state index < -0.39 is 0 Å². The lowest BCUT2D eigenvalue weighted by Crippen LogP contribution is -2.36. The zero-order chi connectivity index (χ0) is 15.0. The van der Waals surface area contributed by atoms with Crippen LogP contribution in [0.15, 0.2) is 18.2 Å². The van der Waals surface area contributed by atoms with Crippen molar-refractivity contribution in [2.45, 2.75) is 31.2 Å². The molecule has 2 unspecified atom stereocenters. The monoisotopic (exact) mass is 307 g/mol. The van der Waals surface area contributed by atoms with E-state index in [-0.39, 0.29) is 17.3 Å². The van der Waals surface area contributed by atoms with E-state index in [1.807, 2.05) is 25.1 Å². The molecule has 21 heavy (non-hydrogen) atoms. The number of nitrogens with zero attached hydrogens (tertiary/aromatic N) is 2. The summed E-state index contributed by atoms with van der Waals surface area (Å²) < 4.78 is 7.41.